The summed E-state index contributed by atoms with van der Waals surface area (Å²) in [5.74, 6) is 2.43. The van der Waals surface area contributed by atoms with Gasteiger partial charge < -0.3 is 14.6 Å². The highest BCUT2D eigenvalue weighted by atomic mass is 16.3. The van der Waals surface area contributed by atoms with Crippen molar-refractivity contribution >= 4 is 11.7 Å². The maximum absolute atomic E-state index is 12.9. The maximum Gasteiger partial charge on any atom is 0.243 e. The summed E-state index contributed by atoms with van der Waals surface area (Å²) in [5, 5.41) is 3.00. The molecule has 0 spiro atoms. The fourth-order valence-electron chi connectivity index (χ4n) is 3.32. The Morgan fingerprint density at radius 2 is 1.96 bits per heavy atom. The number of aromatic nitrogens is 2. The predicted molar refractivity (Wildman–Crippen MR) is 110 cm³/mol. The molecule has 3 rings (SSSR count). The third-order valence-electron chi connectivity index (χ3n) is 5.02. The quantitative estimate of drug-likeness (QED) is 0.864. The molecule has 0 radical (unpaired) electrons. The molecule has 2 aromatic heterocycles. The number of hydrogen-bond donors (Lipinski definition) is 1. The number of amides is 1. The fourth-order valence-corrected chi connectivity index (χ4v) is 3.32. The van der Waals surface area contributed by atoms with Crippen LogP contribution in [0.2, 0.25) is 0 Å². The van der Waals surface area contributed by atoms with Gasteiger partial charge in [-0.25, -0.2) is 9.97 Å². The van der Waals surface area contributed by atoms with Gasteiger partial charge in [-0.1, -0.05) is 41.5 Å². The molecule has 0 saturated carbocycles. The zero-order valence-electron chi connectivity index (χ0n) is 17.9. The van der Waals surface area contributed by atoms with Crippen molar-refractivity contribution in [2.24, 2.45) is 0 Å². The Labute approximate surface area is 167 Å². The minimum absolute atomic E-state index is 0.0159. The van der Waals surface area contributed by atoms with Crippen LogP contribution < -0.4 is 10.2 Å². The molecule has 1 saturated heterocycles. The summed E-state index contributed by atoms with van der Waals surface area (Å²) in [4.78, 5) is 24.7. The molecule has 0 aliphatic carbocycles. The van der Waals surface area contributed by atoms with Gasteiger partial charge in [0.05, 0.1) is 18.5 Å². The minimum Gasteiger partial charge on any atom is -0.467 e. The molecule has 152 valence electrons. The van der Waals surface area contributed by atoms with Crippen LogP contribution in [-0.4, -0.2) is 28.5 Å². The number of furan rings is 1. The lowest BCUT2D eigenvalue weighted by molar-refractivity contribution is -0.122. The lowest BCUT2D eigenvalue weighted by Gasteiger charge is -2.29. The van der Waals surface area contributed by atoms with Crippen LogP contribution in [0.4, 0.5) is 5.82 Å². The first-order chi connectivity index (χ1) is 13.1. The molecule has 0 aromatic carbocycles. The van der Waals surface area contributed by atoms with E-state index in [1.807, 2.05) is 18.2 Å². The molecule has 2 aromatic rings. The van der Waals surface area contributed by atoms with Gasteiger partial charge in [-0.05, 0) is 25.0 Å². The van der Waals surface area contributed by atoms with Crippen LogP contribution in [0, 0.1) is 0 Å². The van der Waals surface area contributed by atoms with Gasteiger partial charge in [0.25, 0.3) is 0 Å². The Bertz CT molecular complexity index is 784. The molecule has 6 heteroatoms. The first-order valence-electron chi connectivity index (χ1n) is 10.0. The van der Waals surface area contributed by atoms with Gasteiger partial charge in [0.2, 0.25) is 5.91 Å². The molecule has 1 unspecified atom stereocenters. The minimum atomic E-state index is -0.217. The molecule has 1 amide bonds. The SMILES string of the molecule is CC(C)(C)c1cc(N2CCCC2C(=O)NCc2ccco2)nc(C(C)(C)C)n1. The van der Waals surface area contributed by atoms with Crippen molar-refractivity contribution in [1.82, 2.24) is 15.3 Å². The molecule has 3 heterocycles. The second-order valence-electron chi connectivity index (χ2n) is 9.58. The second-order valence-corrected chi connectivity index (χ2v) is 9.58. The average Bonchev–Trinajstić information content (AvgIpc) is 3.29. The average molecular weight is 385 g/mol. The first-order valence-corrected chi connectivity index (χ1v) is 10.0. The zero-order valence-corrected chi connectivity index (χ0v) is 17.9. The van der Waals surface area contributed by atoms with Crippen molar-refractivity contribution in [3.05, 3.63) is 41.7 Å². The molecule has 1 N–H and O–H groups in total. The van der Waals surface area contributed by atoms with Crippen molar-refractivity contribution in [3.8, 4) is 0 Å². The van der Waals surface area contributed by atoms with Crippen LogP contribution in [0.1, 0.15) is 71.7 Å². The van der Waals surface area contributed by atoms with Gasteiger partial charge in [-0.2, -0.15) is 0 Å². The summed E-state index contributed by atoms with van der Waals surface area (Å²) in [6.45, 7) is 14.1. The Balaban J connectivity index is 1.87. The second kappa shape index (κ2) is 7.57. The molecule has 1 fully saturated rings. The highest BCUT2D eigenvalue weighted by molar-refractivity contribution is 5.85. The third-order valence-corrected chi connectivity index (χ3v) is 5.02. The van der Waals surface area contributed by atoms with Gasteiger partial charge >= 0.3 is 0 Å². The Kier molecular flexibility index (Phi) is 5.50. The van der Waals surface area contributed by atoms with Crippen LogP contribution >= 0.6 is 0 Å². The summed E-state index contributed by atoms with van der Waals surface area (Å²) in [7, 11) is 0. The molecule has 1 atom stereocenters. The Morgan fingerprint density at radius 1 is 1.21 bits per heavy atom. The van der Waals surface area contributed by atoms with Crippen LogP contribution in [-0.2, 0) is 22.2 Å². The van der Waals surface area contributed by atoms with Crippen molar-refractivity contribution in [2.75, 3.05) is 11.4 Å². The fraction of sp³-hybridized carbons (Fsp3) is 0.591. The van der Waals surface area contributed by atoms with Crippen molar-refractivity contribution in [1.29, 1.82) is 0 Å². The van der Waals surface area contributed by atoms with E-state index in [0.29, 0.717) is 6.54 Å². The molecule has 1 aliphatic heterocycles. The van der Waals surface area contributed by atoms with E-state index in [0.717, 1.165) is 42.5 Å². The Morgan fingerprint density at radius 3 is 2.57 bits per heavy atom. The predicted octanol–water partition coefficient (Wildman–Crippen LogP) is 3.95. The van der Waals surface area contributed by atoms with Crippen molar-refractivity contribution in [2.45, 2.75) is 77.8 Å². The maximum atomic E-state index is 12.9. The van der Waals surface area contributed by atoms with Crippen LogP contribution in [0.5, 0.6) is 0 Å². The number of carbonyl (C=O) groups excluding carboxylic acids is 1. The standard InChI is InChI=1S/C22H32N4O2/c1-21(2,3)17-13-18(25-20(24-17)22(4,5)6)26-11-7-10-16(26)19(27)23-14-15-9-8-12-28-15/h8-9,12-13,16H,7,10-11,14H2,1-6H3,(H,23,27). The zero-order chi connectivity index (χ0) is 20.5. The number of nitrogens with one attached hydrogen (secondary N) is 1. The number of hydrogen-bond acceptors (Lipinski definition) is 5. The third kappa shape index (κ3) is 4.54. The topological polar surface area (TPSA) is 71.3 Å². The normalized spacial score (nSPS) is 17.8. The van der Waals surface area contributed by atoms with Crippen LogP contribution in [0.3, 0.4) is 0 Å². The summed E-state index contributed by atoms with van der Waals surface area (Å²) < 4.78 is 5.32. The molecule has 28 heavy (non-hydrogen) atoms. The van der Waals surface area contributed by atoms with E-state index in [9.17, 15) is 4.79 Å². The van der Waals surface area contributed by atoms with E-state index in [4.69, 9.17) is 14.4 Å². The first kappa shape index (κ1) is 20.4. The van der Waals surface area contributed by atoms with Crippen molar-refractivity contribution in [3.63, 3.8) is 0 Å². The lowest BCUT2D eigenvalue weighted by Crippen LogP contribution is -2.43. The smallest absolute Gasteiger partial charge is 0.243 e. The van der Waals surface area contributed by atoms with E-state index in [2.05, 4.69) is 51.8 Å². The van der Waals surface area contributed by atoms with Gasteiger partial charge in [0, 0.05) is 23.4 Å². The summed E-state index contributed by atoms with van der Waals surface area (Å²) in [6, 6.07) is 5.52. The largest absolute Gasteiger partial charge is 0.467 e. The molecular formula is C22H32N4O2. The van der Waals surface area contributed by atoms with Crippen LogP contribution in [0.25, 0.3) is 0 Å². The van der Waals surface area contributed by atoms with E-state index in [1.165, 1.54) is 0 Å². The monoisotopic (exact) mass is 384 g/mol. The number of nitrogens with zero attached hydrogens (tertiary/aromatic N) is 3. The number of carbonyl (C=O) groups is 1. The number of anilines is 1. The molecule has 1 aliphatic rings. The van der Waals surface area contributed by atoms with Gasteiger partial charge in [0.15, 0.2) is 0 Å². The summed E-state index contributed by atoms with van der Waals surface area (Å²) in [5.41, 5.74) is 0.755. The van der Waals surface area contributed by atoms with Crippen LogP contribution in [0.15, 0.2) is 28.9 Å². The van der Waals surface area contributed by atoms with Gasteiger partial charge in [0.1, 0.15) is 23.4 Å². The van der Waals surface area contributed by atoms with E-state index < -0.39 is 0 Å². The van der Waals surface area contributed by atoms with Gasteiger partial charge in [-0.3, -0.25) is 4.79 Å². The molecule has 0 bridgehead atoms. The summed E-state index contributed by atoms with van der Waals surface area (Å²) in [6.07, 6.45) is 3.41. The lowest BCUT2D eigenvalue weighted by atomic mass is 9.90. The highest BCUT2D eigenvalue weighted by Gasteiger charge is 2.33. The van der Waals surface area contributed by atoms with E-state index in [-0.39, 0.29) is 22.8 Å². The van der Waals surface area contributed by atoms with E-state index in [1.54, 1.807) is 6.26 Å². The number of rotatable bonds is 4. The van der Waals surface area contributed by atoms with E-state index >= 15 is 0 Å². The van der Waals surface area contributed by atoms with Crippen molar-refractivity contribution < 1.29 is 9.21 Å². The molecular weight excluding hydrogens is 352 g/mol. The molecule has 6 nitrogen and oxygen atoms in total. The van der Waals surface area contributed by atoms with Gasteiger partial charge in [-0.15, -0.1) is 0 Å². The summed E-state index contributed by atoms with van der Waals surface area (Å²) >= 11 is 0. The highest BCUT2D eigenvalue weighted by Crippen LogP contribution is 2.31. The Hall–Kier alpha value is -2.37.